The number of rotatable bonds is 5. The van der Waals surface area contributed by atoms with Gasteiger partial charge in [0.25, 0.3) is 6.71 Å². The van der Waals surface area contributed by atoms with E-state index in [1.54, 1.807) is 0 Å². The van der Waals surface area contributed by atoms with Crippen LogP contribution in [0.3, 0.4) is 0 Å². The second kappa shape index (κ2) is 21.5. The van der Waals surface area contributed by atoms with Crippen molar-refractivity contribution in [3.05, 3.63) is 340 Å². The fraction of sp³-hybridized carbons (Fsp3) is 0. The summed E-state index contributed by atoms with van der Waals surface area (Å²) < 4.78 is 17.4. The molecule has 1 aromatic heterocycles. The van der Waals surface area contributed by atoms with E-state index in [4.69, 9.17) is 9.47 Å². The monoisotopic (exact) mass is 1220 g/mol. The fourth-order valence-electron chi connectivity index (χ4n) is 15.9. The normalized spacial score (nSPS) is 12.7. The third-order valence-electron chi connectivity index (χ3n) is 20.1. The van der Waals surface area contributed by atoms with Crippen LogP contribution in [0.4, 0.5) is 34.1 Å². The molecule has 0 fully saturated rings. The van der Waals surface area contributed by atoms with E-state index < -0.39 is 0 Å². The lowest BCUT2D eigenvalue weighted by atomic mass is 9.33. The second-order valence-electron chi connectivity index (χ2n) is 25.4. The lowest BCUT2D eigenvalue weighted by molar-refractivity contribution is 0.486. The number of para-hydroxylation sites is 6. The summed E-state index contributed by atoms with van der Waals surface area (Å²) in [6, 6.07) is 125. The zero-order valence-electron chi connectivity index (χ0n) is 52.1. The molecule has 96 heavy (non-hydrogen) atoms. The van der Waals surface area contributed by atoms with Gasteiger partial charge in [-0.25, -0.2) is 0 Å². The van der Waals surface area contributed by atoms with Crippen molar-refractivity contribution in [3.63, 3.8) is 0 Å². The number of nitrogens with zero attached hydrogens (tertiary/aromatic N) is 3. The molecular weight excluding hydrogens is 1170 g/mol. The molecular formula is C90H56BN3O2. The van der Waals surface area contributed by atoms with Crippen molar-refractivity contribution in [3.8, 4) is 118 Å². The first-order valence-corrected chi connectivity index (χ1v) is 33.0. The summed E-state index contributed by atoms with van der Waals surface area (Å²) in [5.41, 5.74) is 30.3. The fourth-order valence-corrected chi connectivity index (χ4v) is 15.9. The van der Waals surface area contributed by atoms with Gasteiger partial charge in [-0.2, -0.15) is 0 Å². The average molecular weight is 1220 g/mol. The summed E-state index contributed by atoms with van der Waals surface area (Å²) in [6.45, 7) is -0.366. The maximum absolute atomic E-state index is 7.46. The summed E-state index contributed by atoms with van der Waals surface area (Å²) in [5, 5.41) is 2.38. The molecule has 446 valence electrons. The molecule has 0 bridgehead atoms. The van der Waals surface area contributed by atoms with Crippen LogP contribution in [0.5, 0.6) is 23.0 Å². The number of benzene rings is 15. The van der Waals surface area contributed by atoms with Crippen LogP contribution < -0.4 is 35.7 Å². The van der Waals surface area contributed by atoms with Crippen molar-refractivity contribution in [2.75, 3.05) is 9.80 Å². The summed E-state index contributed by atoms with van der Waals surface area (Å²) >= 11 is 0. The molecule has 0 N–H and O–H groups in total. The number of fused-ring (bicyclic) bond motifs is 19. The van der Waals surface area contributed by atoms with Crippen LogP contribution in [0, 0.1) is 0 Å². The van der Waals surface area contributed by atoms with Crippen LogP contribution in [0.1, 0.15) is 0 Å². The molecule has 0 atom stereocenters. The van der Waals surface area contributed by atoms with Gasteiger partial charge in [0, 0.05) is 78.0 Å². The second-order valence-corrected chi connectivity index (χ2v) is 25.4. The first kappa shape index (κ1) is 54.0. The van der Waals surface area contributed by atoms with E-state index in [1.807, 2.05) is 0 Å². The quantitative estimate of drug-likeness (QED) is 0.161. The minimum absolute atomic E-state index is 0.366. The molecule has 4 aliphatic heterocycles. The van der Waals surface area contributed by atoms with Crippen molar-refractivity contribution in [1.82, 2.24) is 4.57 Å². The molecule has 5 nitrogen and oxygen atoms in total. The minimum atomic E-state index is -0.366. The summed E-state index contributed by atoms with van der Waals surface area (Å²) in [5.74, 6) is 3.09. The van der Waals surface area contributed by atoms with E-state index in [0.29, 0.717) is 0 Å². The van der Waals surface area contributed by atoms with Crippen molar-refractivity contribution in [2.45, 2.75) is 0 Å². The number of anilines is 6. The predicted octanol–water partition coefficient (Wildman–Crippen LogP) is 22.4. The highest BCUT2D eigenvalue weighted by Crippen LogP contribution is 2.58. The summed E-state index contributed by atoms with van der Waals surface area (Å²) in [7, 11) is 0. The van der Waals surface area contributed by atoms with E-state index >= 15 is 0 Å². The Hall–Kier alpha value is -12.6. The van der Waals surface area contributed by atoms with Gasteiger partial charge in [0.15, 0.2) is 0 Å². The number of ether oxygens (including phenoxy) is 2. The summed E-state index contributed by atoms with van der Waals surface area (Å²) in [4.78, 5) is 5.31. The van der Waals surface area contributed by atoms with Gasteiger partial charge in [0.2, 0.25) is 0 Å². The minimum Gasteiger partial charge on any atom is -0.456 e. The Balaban J connectivity index is 1.02. The smallest absolute Gasteiger partial charge is 0.252 e. The van der Waals surface area contributed by atoms with Crippen LogP contribution in [0.2, 0.25) is 0 Å². The van der Waals surface area contributed by atoms with E-state index in [2.05, 4.69) is 354 Å². The summed E-state index contributed by atoms with van der Waals surface area (Å²) in [6.07, 6.45) is 0. The standard InChI is InChI=1S/C90H56BN3O2/c1-5-25-57(26-6-1)61-45-47-80-72(49-61)68-35-15-21-41-84(68)95-86-43-23-17-37-70(86)74-51-63(59-29-9-3-10-30-59)53-76-89(74)93(80)82-55-65(92-78-39-19-13-33-66(78)67-34-14-20-40-79(67)92)56-83-88(82)91(76)77-54-64(60-31-11-4-12-32-60)52-75-71-38-18-24-44-87(71)96-85-42-22-16-36-69(85)73-50-62(58-27-7-2-8-28-58)46-48-81(73)94(83)90(75)77/h1-56H. The lowest BCUT2D eigenvalue weighted by Gasteiger charge is -2.47. The van der Waals surface area contributed by atoms with E-state index in [0.717, 1.165) is 163 Å². The number of aromatic nitrogens is 1. The molecule has 0 aliphatic carbocycles. The molecule has 0 radical (unpaired) electrons. The van der Waals surface area contributed by atoms with Gasteiger partial charge in [0.1, 0.15) is 23.0 Å². The lowest BCUT2D eigenvalue weighted by Crippen LogP contribution is -2.61. The van der Waals surface area contributed by atoms with Crippen LogP contribution >= 0.6 is 0 Å². The van der Waals surface area contributed by atoms with Crippen molar-refractivity contribution in [2.24, 2.45) is 0 Å². The largest absolute Gasteiger partial charge is 0.456 e. The molecule has 6 heteroatoms. The molecule has 5 heterocycles. The highest BCUT2D eigenvalue weighted by atomic mass is 16.5. The van der Waals surface area contributed by atoms with Gasteiger partial charge in [-0.05, 0) is 146 Å². The molecule has 4 aliphatic rings. The third kappa shape index (κ3) is 8.32. The average Bonchev–Trinajstić information content (AvgIpc) is 0.693. The van der Waals surface area contributed by atoms with Crippen molar-refractivity contribution in [1.29, 1.82) is 0 Å². The Morgan fingerprint density at radius 2 is 0.552 bits per heavy atom. The molecule has 0 unspecified atom stereocenters. The van der Waals surface area contributed by atoms with Gasteiger partial charge in [-0.1, -0.05) is 255 Å². The molecule has 15 aromatic carbocycles. The van der Waals surface area contributed by atoms with Crippen LogP contribution in [-0.2, 0) is 0 Å². The van der Waals surface area contributed by atoms with Gasteiger partial charge in [0.05, 0.1) is 28.1 Å². The zero-order valence-corrected chi connectivity index (χ0v) is 52.1. The Morgan fingerprint density at radius 3 is 0.948 bits per heavy atom. The maximum atomic E-state index is 7.46. The highest BCUT2D eigenvalue weighted by molar-refractivity contribution is 7.00. The van der Waals surface area contributed by atoms with Crippen LogP contribution in [-0.4, -0.2) is 11.3 Å². The predicted molar refractivity (Wildman–Crippen MR) is 398 cm³/mol. The first-order chi connectivity index (χ1) is 47.6. The van der Waals surface area contributed by atoms with E-state index in [9.17, 15) is 0 Å². The molecule has 16 aromatic rings. The Labute approximate surface area is 557 Å². The van der Waals surface area contributed by atoms with Gasteiger partial charge < -0.3 is 23.8 Å². The van der Waals surface area contributed by atoms with Gasteiger partial charge >= 0.3 is 0 Å². The van der Waals surface area contributed by atoms with Gasteiger partial charge in [-0.15, -0.1) is 0 Å². The van der Waals surface area contributed by atoms with Crippen LogP contribution in [0.15, 0.2) is 340 Å². The highest BCUT2D eigenvalue weighted by Gasteiger charge is 2.48. The molecule has 0 spiro atoms. The first-order valence-electron chi connectivity index (χ1n) is 33.0. The molecule has 0 saturated carbocycles. The molecule has 0 amide bonds. The Kier molecular flexibility index (Phi) is 12.1. The third-order valence-corrected chi connectivity index (χ3v) is 20.1. The topological polar surface area (TPSA) is 29.9 Å². The van der Waals surface area contributed by atoms with Crippen molar-refractivity contribution >= 4 is 79.0 Å². The number of hydrogen-bond acceptors (Lipinski definition) is 4. The van der Waals surface area contributed by atoms with E-state index in [1.165, 1.54) is 27.2 Å². The van der Waals surface area contributed by atoms with E-state index in [-0.39, 0.29) is 6.71 Å². The number of hydrogen-bond donors (Lipinski definition) is 0. The Bertz CT molecular complexity index is 5510. The SMILES string of the molecule is c1ccc(-c2ccc3c(c2)-c2ccccc2Oc2ccccc2-c2cc(-c4ccccc4)cc4c2N3c2cc(-n3c5ccccc5c5ccccc53)cc3c2B4c2cc(-c4ccccc4)cc4c2N3c2ccc(-c3ccccc3)cc2-c2ccccc2Oc2ccccc2-4)cc1. The molecule has 20 rings (SSSR count). The molecule has 0 saturated heterocycles. The van der Waals surface area contributed by atoms with Gasteiger partial charge in [-0.3, -0.25) is 0 Å². The van der Waals surface area contributed by atoms with Crippen molar-refractivity contribution < 1.29 is 9.47 Å². The van der Waals surface area contributed by atoms with Crippen LogP contribution in [0.25, 0.3) is 117 Å². The Morgan fingerprint density at radius 1 is 0.229 bits per heavy atom. The maximum Gasteiger partial charge on any atom is 0.252 e. The zero-order chi connectivity index (χ0) is 63.0.